The molecule has 0 amide bonds. The molecule has 20 heavy (non-hydrogen) atoms. The summed E-state index contributed by atoms with van der Waals surface area (Å²) >= 11 is 0. The van der Waals surface area contributed by atoms with Crippen LogP contribution in [0.1, 0.15) is 31.8 Å². The smallest absolute Gasteiger partial charge is 0.113 e. The first kappa shape index (κ1) is 12.3. The number of hydrogen-bond donors (Lipinski definition) is 0. The van der Waals surface area contributed by atoms with Gasteiger partial charge in [0.25, 0.3) is 0 Å². The van der Waals surface area contributed by atoms with E-state index in [9.17, 15) is 0 Å². The number of benzene rings is 1. The topological polar surface area (TPSA) is 37.2 Å². The molecule has 5 heteroatoms. The second-order valence-electron chi connectivity index (χ2n) is 5.92. The van der Waals surface area contributed by atoms with Gasteiger partial charge in [-0.1, -0.05) is 17.3 Å². The lowest BCUT2D eigenvalue weighted by molar-refractivity contribution is 0.102. The molecule has 2 aliphatic rings. The Bertz CT molecular complexity index is 587. The number of aromatic nitrogens is 3. The van der Waals surface area contributed by atoms with E-state index in [0.717, 1.165) is 17.7 Å². The molecular formula is C15H21N5. The highest BCUT2D eigenvalue weighted by Gasteiger charge is 2.29. The lowest BCUT2D eigenvalue weighted by Crippen LogP contribution is -2.38. The van der Waals surface area contributed by atoms with Gasteiger partial charge in [-0.05, 0) is 50.9 Å². The fourth-order valence-electron chi connectivity index (χ4n) is 3.54. The van der Waals surface area contributed by atoms with E-state index in [0.29, 0.717) is 6.17 Å². The van der Waals surface area contributed by atoms with Crippen molar-refractivity contribution < 1.29 is 0 Å². The summed E-state index contributed by atoms with van der Waals surface area (Å²) in [5, 5.41) is 8.71. The second kappa shape index (κ2) is 5.14. The Kier molecular flexibility index (Phi) is 3.16. The highest BCUT2D eigenvalue weighted by molar-refractivity contribution is 5.73. The average molecular weight is 271 g/mol. The van der Waals surface area contributed by atoms with E-state index in [-0.39, 0.29) is 0 Å². The number of fused-ring (bicyclic) bond motifs is 1. The molecule has 1 atom stereocenters. The molecule has 0 bridgehead atoms. The van der Waals surface area contributed by atoms with Crippen LogP contribution in [0.2, 0.25) is 0 Å². The van der Waals surface area contributed by atoms with E-state index in [4.69, 9.17) is 0 Å². The number of rotatable bonds is 3. The van der Waals surface area contributed by atoms with Crippen LogP contribution in [0.4, 0.5) is 0 Å². The number of para-hydroxylation sites is 1. The summed E-state index contributed by atoms with van der Waals surface area (Å²) in [5.41, 5.74) is 2.16. The first-order valence-corrected chi connectivity index (χ1v) is 7.68. The molecule has 2 aliphatic heterocycles. The number of nitrogens with zero attached hydrogens (tertiary/aromatic N) is 5. The van der Waals surface area contributed by atoms with Crippen molar-refractivity contribution in [2.24, 2.45) is 0 Å². The van der Waals surface area contributed by atoms with Crippen LogP contribution in [0.3, 0.4) is 0 Å². The monoisotopic (exact) mass is 271 g/mol. The largest absolute Gasteiger partial charge is 0.290 e. The minimum atomic E-state index is 0.378. The third kappa shape index (κ3) is 2.11. The van der Waals surface area contributed by atoms with Crippen molar-refractivity contribution >= 4 is 11.0 Å². The van der Waals surface area contributed by atoms with Gasteiger partial charge in [0.05, 0.1) is 12.2 Å². The summed E-state index contributed by atoms with van der Waals surface area (Å²) < 4.78 is 2.12. The lowest BCUT2D eigenvalue weighted by Gasteiger charge is -2.29. The second-order valence-corrected chi connectivity index (χ2v) is 5.92. The molecule has 0 radical (unpaired) electrons. The van der Waals surface area contributed by atoms with Crippen molar-refractivity contribution in [3.05, 3.63) is 24.3 Å². The van der Waals surface area contributed by atoms with Crippen molar-refractivity contribution in [3.63, 3.8) is 0 Å². The molecule has 1 aromatic carbocycles. The van der Waals surface area contributed by atoms with E-state index in [1.165, 1.54) is 45.3 Å². The summed E-state index contributed by atoms with van der Waals surface area (Å²) in [4.78, 5) is 5.13. The fourth-order valence-corrected chi connectivity index (χ4v) is 3.54. The third-order valence-electron chi connectivity index (χ3n) is 4.57. The Hall–Kier alpha value is -1.46. The van der Waals surface area contributed by atoms with Crippen LogP contribution >= 0.6 is 0 Å². The van der Waals surface area contributed by atoms with Crippen molar-refractivity contribution in [3.8, 4) is 0 Å². The van der Waals surface area contributed by atoms with Crippen LogP contribution in [0.15, 0.2) is 24.3 Å². The van der Waals surface area contributed by atoms with E-state index in [1.54, 1.807) is 0 Å². The molecular weight excluding hydrogens is 250 g/mol. The maximum Gasteiger partial charge on any atom is 0.113 e. The Morgan fingerprint density at radius 2 is 1.90 bits per heavy atom. The van der Waals surface area contributed by atoms with Gasteiger partial charge in [0.2, 0.25) is 0 Å². The molecule has 2 fully saturated rings. The van der Waals surface area contributed by atoms with Crippen molar-refractivity contribution in [2.75, 3.05) is 26.3 Å². The minimum absolute atomic E-state index is 0.378. The SMILES string of the molecule is c1ccc2c(c1)nnn2C1CCCN1CN1CCCC1. The Balaban J connectivity index is 1.59. The van der Waals surface area contributed by atoms with Gasteiger partial charge in [-0.2, -0.15) is 0 Å². The molecule has 2 saturated heterocycles. The Morgan fingerprint density at radius 3 is 2.80 bits per heavy atom. The molecule has 0 saturated carbocycles. The molecule has 5 nitrogen and oxygen atoms in total. The van der Waals surface area contributed by atoms with Crippen LogP contribution in [0.5, 0.6) is 0 Å². The minimum Gasteiger partial charge on any atom is -0.290 e. The summed E-state index contributed by atoms with van der Waals surface area (Å²) in [6, 6.07) is 8.26. The predicted octanol–water partition coefficient (Wildman–Crippen LogP) is 2.08. The van der Waals surface area contributed by atoms with Crippen LogP contribution in [0, 0.1) is 0 Å². The van der Waals surface area contributed by atoms with Gasteiger partial charge < -0.3 is 0 Å². The van der Waals surface area contributed by atoms with E-state index >= 15 is 0 Å². The van der Waals surface area contributed by atoms with E-state index < -0.39 is 0 Å². The van der Waals surface area contributed by atoms with E-state index in [1.807, 2.05) is 12.1 Å². The molecule has 0 N–H and O–H groups in total. The standard InChI is InChI=1S/C15H21N5/c1-2-7-14-13(6-1)16-17-20(14)15-8-5-11-19(15)12-18-9-3-4-10-18/h1-2,6-7,15H,3-5,8-12H2. The fraction of sp³-hybridized carbons (Fsp3) is 0.600. The molecule has 1 aromatic heterocycles. The number of hydrogen-bond acceptors (Lipinski definition) is 4. The van der Waals surface area contributed by atoms with Crippen LogP contribution in [-0.2, 0) is 0 Å². The lowest BCUT2D eigenvalue weighted by atomic mass is 10.3. The average Bonchev–Trinajstić information content (AvgIpc) is 3.19. The maximum atomic E-state index is 4.41. The molecule has 0 aliphatic carbocycles. The van der Waals surface area contributed by atoms with Gasteiger partial charge in [0.1, 0.15) is 11.7 Å². The molecule has 4 rings (SSSR count). The highest BCUT2D eigenvalue weighted by atomic mass is 15.5. The van der Waals surface area contributed by atoms with Crippen LogP contribution < -0.4 is 0 Å². The quantitative estimate of drug-likeness (QED) is 0.856. The molecule has 1 unspecified atom stereocenters. The summed E-state index contributed by atoms with van der Waals surface area (Å²) in [5.74, 6) is 0. The van der Waals surface area contributed by atoms with Gasteiger partial charge >= 0.3 is 0 Å². The normalized spacial score (nSPS) is 24.9. The summed E-state index contributed by atoms with van der Waals surface area (Å²) in [6.45, 7) is 4.76. The zero-order valence-corrected chi connectivity index (χ0v) is 11.8. The number of likely N-dealkylation sites (tertiary alicyclic amines) is 2. The van der Waals surface area contributed by atoms with Gasteiger partial charge in [-0.25, -0.2) is 4.68 Å². The molecule has 2 aromatic rings. The summed E-state index contributed by atoms with van der Waals surface area (Å²) in [7, 11) is 0. The third-order valence-corrected chi connectivity index (χ3v) is 4.57. The molecule has 3 heterocycles. The maximum absolute atomic E-state index is 4.41. The Morgan fingerprint density at radius 1 is 1.05 bits per heavy atom. The van der Waals surface area contributed by atoms with Gasteiger partial charge in [-0.15, -0.1) is 5.10 Å². The Labute approximate surface area is 119 Å². The summed E-state index contributed by atoms with van der Waals surface area (Å²) in [6.07, 6.45) is 5.52. The van der Waals surface area contributed by atoms with Crippen molar-refractivity contribution in [1.29, 1.82) is 0 Å². The van der Waals surface area contributed by atoms with Crippen LogP contribution in [0.25, 0.3) is 11.0 Å². The predicted molar refractivity (Wildman–Crippen MR) is 78.2 cm³/mol. The van der Waals surface area contributed by atoms with Crippen LogP contribution in [-0.4, -0.2) is 51.1 Å². The van der Waals surface area contributed by atoms with Gasteiger partial charge in [0.15, 0.2) is 0 Å². The van der Waals surface area contributed by atoms with Crippen molar-refractivity contribution in [1.82, 2.24) is 24.8 Å². The molecule has 0 spiro atoms. The highest BCUT2D eigenvalue weighted by Crippen LogP contribution is 2.29. The van der Waals surface area contributed by atoms with Crippen molar-refractivity contribution in [2.45, 2.75) is 31.8 Å². The zero-order chi connectivity index (χ0) is 13.4. The molecule has 106 valence electrons. The van der Waals surface area contributed by atoms with Gasteiger partial charge in [-0.3, -0.25) is 9.80 Å². The first-order chi connectivity index (χ1) is 9.92. The van der Waals surface area contributed by atoms with E-state index in [2.05, 4.69) is 36.9 Å². The first-order valence-electron chi connectivity index (χ1n) is 7.68. The van der Waals surface area contributed by atoms with Gasteiger partial charge in [0, 0.05) is 6.54 Å². The zero-order valence-electron chi connectivity index (χ0n) is 11.8.